The first kappa shape index (κ1) is 27.3. The Kier molecular flexibility index (Phi) is 7.25. The van der Waals surface area contributed by atoms with Crippen molar-refractivity contribution >= 4 is 44.8 Å². The van der Waals surface area contributed by atoms with Crippen LogP contribution in [0.15, 0.2) is 48.5 Å². The van der Waals surface area contributed by atoms with Gasteiger partial charge in [0.05, 0.1) is 33.3 Å². The van der Waals surface area contributed by atoms with Gasteiger partial charge < -0.3 is 4.98 Å². The van der Waals surface area contributed by atoms with E-state index in [1.165, 1.54) is 6.07 Å². The Morgan fingerprint density at radius 1 is 1.05 bits per heavy atom. The highest BCUT2D eigenvalue weighted by molar-refractivity contribution is 7.86. The quantitative estimate of drug-likeness (QED) is 0.269. The molecule has 1 aliphatic rings. The molecule has 2 aromatic heterocycles. The van der Waals surface area contributed by atoms with E-state index in [1.54, 1.807) is 35.3 Å². The molecule has 0 unspecified atom stereocenters. The monoisotopic (exact) mass is 594 g/mol. The van der Waals surface area contributed by atoms with E-state index >= 15 is 0 Å². The zero-order valence-electron chi connectivity index (χ0n) is 20.8. The lowest BCUT2D eigenvalue weighted by atomic mass is 10.1. The van der Waals surface area contributed by atoms with Gasteiger partial charge in [-0.25, -0.2) is 18.7 Å². The summed E-state index contributed by atoms with van der Waals surface area (Å²) in [7, 11) is -3.86. The van der Waals surface area contributed by atoms with Gasteiger partial charge in [-0.05, 0) is 42.3 Å². The van der Waals surface area contributed by atoms with Gasteiger partial charge in [-0.1, -0.05) is 43.1 Å². The van der Waals surface area contributed by atoms with Crippen LogP contribution in [0.25, 0.3) is 34.0 Å². The second-order valence-corrected chi connectivity index (χ2v) is 11.6. The Balaban J connectivity index is 1.70. The number of imidazole rings is 1. The Hall–Kier alpha value is -3.29. The molecule has 3 heterocycles. The van der Waals surface area contributed by atoms with Crippen LogP contribution in [0.5, 0.6) is 0 Å². The van der Waals surface area contributed by atoms with Crippen LogP contribution in [-0.2, 0) is 14.4 Å². The Morgan fingerprint density at radius 2 is 1.77 bits per heavy atom. The van der Waals surface area contributed by atoms with Gasteiger partial charge in [-0.3, -0.25) is 5.01 Å². The Bertz CT molecular complexity index is 1660. The zero-order chi connectivity index (χ0) is 28.1. The van der Waals surface area contributed by atoms with Crippen LogP contribution in [0.1, 0.15) is 13.8 Å². The first-order chi connectivity index (χ1) is 18.4. The number of anilines is 2. The molecule has 0 saturated heterocycles. The normalized spacial score (nSPS) is 13.4. The average molecular weight is 595 g/mol. The van der Waals surface area contributed by atoms with Crippen molar-refractivity contribution in [3.63, 3.8) is 0 Å². The number of nitrogens with zero attached hydrogens (tertiary/aromatic N) is 4. The van der Waals surface area contributed by atoms with Crippen molar-refractivity contribution in [3.05, 3.63) is 70.2 Å². The minimum Gasteiger partial charge on any atom is -0.337 e. The van der Waals surface area contributed by atoms with Gasteiger partial charge in [0.1, 0.15) is 28.8 Å². The standard InChI is InChI=1S/C25H22Cl2F2N6O3S/c1-13(2)12-34-25-20(35(33-34)38-39(3,36)37)10-9-19(30-25)23-22(15-8-7-14(28)11-18(15)29)31-24(32-23)21-16(26)5-4-6-17(21)27/h4-11,13,33H,12H2,1-3H3,(H,31,32). The van der Waals surface area contributed by atoms with Crippen LogP contribution in [0, 0.1) is 17.6 Å². The van der Waals surface area contributed by atoms with E-state index < -0.39 is 21.8 Å². The minimum atomic E-state index is -3.86. The largest absolute Gasteiger partial charge is 0.337 e. The molecule has 0 bridgehead atoms. The third-order valence-electron chi connectivity index (χ3n) is 5.64. The number of pyridine rings is 1. The van der Waals surface area contributed by atoms with Gasteiger partial charge >= 0.3 is 0 Å². The molecule has 9 nitrogen and oxygen atoms in total. The summed E-state index contributed by atoms with van der Waals surface area (Å²) < 4.78 is 57.4. The van der Waals surface area contributed by atoms with Gasteiger partial charge in [-0.2, -0.15) is 8.42 Å². The van der Waals surface area contributed by atoms with Gasteiger partial charge in [-0.15, -0.1) is 15.0 Å². The SMILES string of the molecule is CC(C)CN1NN(OS(C)(=O)=O)c2ccc(-c3nc(-c4c(Cl)cccc4Cl)[nH]c3-c3ccc(F)cc3F)nc21. The zero-order valence-corrected chi connectivity index (χ0v) is 23.2. The van der Waals surface area contributed by atoms with Crippen LogP contribution in [0.3, 0.4) is 0 Å². The third kappa shape index (κ3) is 5.56. The van der Waals surface area contributed by atoms with E-state index in [9.17, 15) is 17.2 Å². The van der Waals surface area contributed by atoms with Crippen molar-refractivity contribution in [1.29, 1.82) is 0 Å². The number of benzene rings is 2. The molecule has 0 fully saturated rings. The molecule has 14 heteroatoms. The van der Waals surface area contributed by atoms with Crippen molar-refractivity contribution in [1.82, 2.24) is 20.5 Å². The lowest BCUT2D eigenvalue weighted by Crippen LogP contribution is -2.46. The molecular weight excluding hydrogens is 573 g/mol. The second-order valence-electron chi connectivity index (χ2n) is 9.25. The molecule has 0 aliphatic carbocycles. The maximum absolute atomic E-state index is 15.0. The number of aromatic nitrogens is 3. The maximum atomic E-state index is 15.0. The molecule has 0 amide bonds. The summed E-state index contributed by atoms with van der Waals surface area (Å²) in [6, 6.07) is 11.3. The molecule has 2 N–H and O–H groups in total. The Morgan fingerprint density at radius 3 is 2.41 bits per heavy atom. The molecule has 4 aromatic rings. The number of hydrazine groups is 2. The van der Waals surface area contributed by atoms with Crippen LogP contribution in [0.4, 0.5) is 20.3 Å². The van der Waals surface area contributed by atoms with E-state index in [0.29, 0.717) is 39.4 Å². The summed E-state index contributed by atoms with van der Waals surface area (Å²) in [5, 5.41) is 3.27. The van der Waals surface area contributed by atoms with Gasteiger partial charge in [0.15, 0.2) is 5.82 Å². The number of H-pyrrole nitrogens is 1. The number of fused-ring (bicyclic) bond motifs is 1. The molecule has 0 spiro atoms. The number of rotatable bonds is 7. The smallest absolute Gasteiger partial charge is 0.286 e. The molecular formula is C25H22Cl2F2N6O3S. The predicted molar refractivity (Wildman–Crippen MR) is 146 cm³/mol. The first-order valence-corrected chi connectivity index (χ1v) is 14.2. The van der Waals surface area contributed by atoms with Gasteiger partial charge in [0, 0.05) is 18.2 Å². The van der Waals surface area contributed by atoms with Crippen LogP contribution in [0.2, 0.25) is 10.0 Å². The second kappa shape index (κ2) is 10.4. The molecule has 2 aromatic carbocycles. The highest BCUT2D eigenvalue weighted by Crippen LogP contribution is 2.41. The summed E-state index contributed by atoms with van der Waals surface area (Å²) in [5.41, 5.74) is 4.42. The maximum Gasteiger partial charge on any atom is 0.286 e. The highest BCUT2D eigenvalue weighted by atomic mass is 35.5. The first-order valence-electron chi connectivity index (χ1n) is 11.7. The van der Waals surface area contributed by atoms with E-state index in [4.69, 9.17) is 32.5 Å². The highest BCUT2D eigenvalue weighted by Gasteiger charge is 2.32. The third-order valence-corrected chi connectivity index (χ3v) is 6.69. The van der Waals surface area contributed by atoms with Crippen LogP contribution in [-0.4, -0.2) is 36.2 Å². The van der Waals surface area contributed by atoms with E-state index in [0.717, 1.165) is 23.6 Å². The summed E-state index contributed by atoms with van der Waals surface area (Å²) in [5.74, 6) is -0.772. The molecule has 0 radical (unpaired) electrons. The lowest BCUT2D eigenvalue weighted by Gasteiger charge is -2.21. The van der Waals surface area contributed by atoms with Crippen molar-refractivity contribution in [2.75, 3.05) is 23.0 Å². The predicted octanol–water partition coefficient (Wildman–Crippen LogP) is 5.98. The number of aromatic amines is 1. The van der Waals surface area contributed by atoms with E-state index in [2.05, 4.69) is 15.5 Å². The average Bonchev–Trinajstić information content (AvgIpc) is 3.39. The minimum absolute atomic E-state index is 0.0508. The van der Waals surface area contributed by atoms with Crippen molar-refractivity contribution in [2.24, 2.45) is 5.92 Å². The molecule has 1 aliphatic heterocycles. The lowest BCUT2D eigenvalue weighted by molar-refractivity contribution is 0.249. The van der Waals surface area contributed by atoms with Gasteiger partial charge in [0.25, 0.3) is 10.1 Å². The molecule has 0 atom stereocenters. The molecule has 5 rings (SSSR count). The van der Waals surface area contributed by atoms with Crippen molar-refractivity contribution < 1.29 is 21.5 Å². The van der Waals surface area contributed by atoms with Gasteiger partial charge in [0.2, 0.25) is 0 Å². The van der Waals surface area contributed by atoms with Crippen molar-refractivity contribution in [2.45, 2.75) is 13.8 Å². The number of hydrogen-bond donors (Lipinski definition) is 2. The number of halogens is 4. The van der Waals surface area contributed by atoms with Crippen molar-refractivity contribution in [3.8, 4) is 34.0 Å². The summed E-state index contributed by atoms with van der Waals surface area (Å²) >= 11 is 12.8. The summed E-state index contributed by atoms with van der Waals surface area (Å²) in [4.78, 5) is 12.5. The molecule has 0 saturated carbocycles. The number of nitrogens with one attached hydrogen (secondary N) is 2. The Labute approximate surface area is 233 Å². The number of hydrogen-bond acceptors (Lipinski definition) is 8. The summed E-state index contributed by atoms with van der Waals surface area (Å²) in [6.07, 6.45) is 0.926. The molecule has 204 valence electrons. The van der Waals surface area contributed by atoms with E-state index in [1.807, 2.05) is 13.8 Å². The fourth-order valence-corrected chi connectivity index (χ4v) is 5.07. The fourth-order valence-electron chi connectivity index (χ4n) is 4.11. The fraction of sp³-hybridized carbons (Fsp3) is 0.200. The molecule has 39 heavy (non-hydrogen) atoms. The van der Waals surface area contributed by atoms with Crippen LogP contribution >= 0.6 is 23.2 Å². The topological polar surface area (TPSA) is 103 Å². The van der Waals surface area contributed by atoms with Crippen LogP contribution < -0.4 is 15.7 Å². The summed E-state index contributed by atoms with van der Waals surface area (Å²) in [6.45, 7) is 4.41. The van der Waals surface area contributed by atoms with E-state index in [-0.39, 0.29) is 28.7 Å².